The fourth-order valence-electron chi connectivity index (χ4n) is 2.15. The van der Waals surface area contributed by atoms with Crippen LogP contribution in [0.4, 0.5) is 11.4 Å². The number of nitriles is 1. The molecule has 1 heterocycles. The number of fused-ring (bicyclic) bond motifs is 1. The van der Waals surface area contributed by atoms with Gasteiger partial charge in [-0.25, -0.2) is 0 Å². The lowest BCUT2D eigenvalue weighted by Gasteiger charge is -2.33. The van der Waals surface area contributed by atoms with Crippen molar-refractivity contribution in [2.24, 2.45) is 0 Å². The van der Waals surface area contributed by atoms with Crippen LogP contribution < -0.4 is 10.6 Å². The Morgan fingerprint density at radius 3 is 3.00 bits per heavy atom. The molecule has 100 valence electrons. The Morgan fingerprint density at radius 1 is 1.53 bits per heavy atom. The third kappa shape index (κ3) is 2.85. The van der Waals surface area contributed by atoms with Crippen LogP contribution in [-0.4, -0.2) is 17.7 Å². The first kappa shape index (κ1) is 13.8. The van der Waals surface area contributed by atoms with Crippen LogP contribution in [0.1, 0.15) is 26.2 Å². The van der Waals surface area contributed by atoms with E-state index in [9.17, 15) is 4.79 Å². The molecule has 1 amide bonds. The van der Waals surface area contributed by atoms with E-state index in [0.29, 0.717) is 25.1 Å². The van der Waals surface area contributed by atoms with Crippen LogP contribution in [0.5, 0.6) is 0 Å². The summed E-state index contributed by atoms with van der Waals surface area (Å²) in [6.45, 7) is 2.60. The smallest absolute Gasteiger partial charge is 0.240 e. The number of benzene rings is 1. The van der Waals surface area contributed by atoms with Crippen molar-refractivity contribution in [3.05, 3.63) is 18.2 Å². The van der Waals surface area contributed by atoms with Gasteiger partial charge in [-0.15, -0.1) is 11.8 Å². The first-order chi connectivity index (χ1) is 9.17. The summed E-state index contributed by atoms with van der Waals surface area (Å²) in [5.41, 5.74) is 7.36. The maximum Gasteiger partial charge on any atom is 0.240 e. The van der Waals surface area contributed by atoms with Gasteiger partial charge in [0.05, 0.1) is 17.0 Å². The van der Waals surface area contributed by atoms with Crippen LogP contribution in [0.15, 0.2) is 23.1 Å². The number of thioether (sulfide) groups is 1. The van der Waals surface area contributed by atoms with Gasteiger partial charge in [0.25, 0.3) is 0 Å². The molecule has 1 aliphatic heterocycles. The van der Waals surface area contributed by atoms with Crippen molar-refractivity contribution >= 4 is 29.0 Å². The van der Waals surface area contributed by atoms with E-state index in [-0.39, 0.29) is 11.2 Å². The number of hydrogen-bond donors (Lipinski definition) is 1. The minimum atomic E-state index is -0.0294. The van der Waals surface area contributed by atoms with E-state index in [1.54, 1.807) is 16.7 Å². The van der Waals surface area contributed by atoms with Gasteiger partial charge < -0.3 is 10.6 Å². The minimum absolute atomic E-state index is 0.0294. The molecule has 1 aromatic rings. The van der Waals surface area contributed by atoms with Crippen molar-refractivity contribution in [2.45, 2.75) is 36.3 Å². The van der Waals surface area contributed by atoms with Gasteiger partial charge in [0.1, 0.15) is 0 Å². The number of unbranched alkanes of at least 4 members (excludes halogenated alkanes) is 1. The van der Waals surface area contributed by atoms with E-state index < -0.39 is 0 Å². The highest BCUT2D eigenvalue weighted by atomic mass is 32.2. The Hall–Kier alpha value is -1.67. The highest BCUT2D eigenvalue weighted by Crippen LogP contribution is 2.41. The lowest BCUT2D eigenvalue weighted by Crippen LogP contribution is -2.41. The molecule has 1 unspecified atom stereocenters. The number of anilines is 2. The van der Waals surface area contributed by atoms with E-state index >= 15 is 0 Å². The molecule has 0 saturated carbocycles. The molecule has 0 fully saturated rings. The Morgan fingerprint density at radius 2 is 2.32 bits per heavy atom. The average Bonchev–Trinajstić information content (AvgIpc) is 2.41. The van der Waals surface area contributed by atoms with Crippen molar-refractivity contribution in [3.8, 4) is 6.07 Å². The summed E-state index contributed by atoms with van der Waals surface area (Å²) in [7, 11) is 0. The van der Waals surface area contributed by atoms with Crippen LogP contribution >= 0.6 is 11.8 Å². The molecule has 2 rings (SSSR count). The molecule has 1 aliphatic rings. The summed E-state index contributed by atoms with van der Waals surface area (Å²) >= 11 is 1.60. The number of carbonyl (C=O) groups excluding carboxylic acids is 1. The van der Waals surface area contributed by atoms with Gasteiger partial charge in [-0.1, -0.05) is 6.92 Å². The predicted molar refractivity (Wildman–Crippen MR) is 78.0 cm³/mol. The van der Waals surface area contributed by atoms with Gasteiger partial charge >= 0.3 is 0 Å². The normalized spacial score (nSPS) is 18.0. The second kappa shape index (κ2) is 5.98. The fraction of sp³-hybridized carbons (Fsp3) is 0.429. The van der Waals surface area contributed by atoms with Crippen LogP contribution in [0.3, 0.4) is 0 Å². The molecule has 19 heavy (non-hydrogen) atoms. The fourth-order valence-corrected chi connectivity index (χ4v) is 3.28. The number of nitrogen functional groups attached to an aromatic ring is 1. The topological polar surface area (TPSA) is 70.1 Å². The van der Waals surface area contributed by atoms with Gasteiger partial charge in [0, 0.05) is 23.5 Å². The Labute approximate surface area is 117 Å². The van der Waals surface area contributed by atoms with E-state index in [1.807, 2.05) is 25.1 Å². The van der Waals surface area contributed by atoms with Gasteiger partial charge in [0.2, 0.25) is 5.91 Å². The van der Waals surface area contributed by atoms with Gasteiger partial charge in [-0.3, -0.25) is 4.79 Å². The van der Waals surface area contributed by atoms with Crippen molar-refractivity contribution in [2.75, 3.05) is 17.2 Å². The third-order valence-electron chi connectivity index (χ3n) is 3.13. The monoisotopic (exact) mass is 275 g/mol. The molecular weight excluding hydrogens is 258 g/mol. The standard InChI is InChI=1S/C14H17N3OS/c1-2-12-14(18)17(8-4-3-7-15)11-9-10(16)5-6-13(11)19-12/h5-6,9,12H,2-4,8,16H2,1H3. The zero-order valence-electron chi connectivity index (χ0n) is 10.9. The van der Waals surface area contributed by atoms with Crippen molar-refractivity contribution in [3.63, 3.8) is 0 Å². The van der Waals surface area contributed by atoms with E-state index in [1.165, 1.54) is 0 Å². The molecular formula is C14H17N3OS. The summed E-state index contributed by atoms with van der Waals surface area (Å²) in [6, 6.07) is 7.80. The molecule has 0 aromatic heterocycles. The summed E-state index contributed by atoms with van der Waals surface area (Å²) in [5.74, 6) is 0.128. The first-order valence-electron chi connectivity index (χ1n) is 6.42. The number of rotatable bonds is 4. The van der Waals surface area contributed by atoms with E-state index in [0.717, 1.165) is 17.0 Å². The second-order valence-electron chi connectivity index (χ2n) is 4.49. The summed E-state index contributed by atoms with van der Waals surface area (Å²) < 4.78 is 0. The highest BCUT2D eigenvalue weighted by molar-refractivity contribution is 8.01. The molecule has 1 atom stereocenters. The molecule has 0 bridgehead atoms. The van der Waals surface area contributed by atoms with E-state index in [4.69, 9.17) is 11.0 Å². The van der Waals surface area contributed by atoms with Crippen molar-refractivity contribution in [1.29, 1.82) is 5.26 Å². The lowest BCUT2D eigenvalue weighted by molar-refractivity contribution is -0.118. The molecule has 4 nitrogen and oxygen atoms in total. The Kier molecular flexibility index (Phi) is 4.33. The molecule has 0 spiro atoms. The summed E-state index contributed by atoms with van der Waals surface area (Å²) in [4.78, 5) is 15.3. The lowest BCUT2D eigenvalue weighted by atomic mass is 10.2. The average molecular weight is 275 g/mol. The largest absolute Gasteiger partial charge is 0.399 e. The quantitative estimate of drug-likeness (QED) is 0.677. The van der Waals surface area contributed by atoms with E-state index in [2.05, 4.69) is 6.07 Å². The summed E-state index contributed by atoms with van der Waals surface area (Å²) in [5, 5.41) is 8.59. The number of nitrogens with zero attached hydrogens (tertiary/aromatic N) is 2. The number of nitrogens with two attached hydrogens (primary N) is 1. The second-order valence-corrected chi connectivity index (χ2v) is 5.74. The van der Waals surface area contributed by atoms with Gasteiger partial charge in [0.15, 0.2) is 0 Å². The van der Waals surface area contributed by atoms with Crippen LogP contribution in [-0.2, 0) is 4.79 Å². The van der Waals surface area contributed by atoms with Gasteiger partial charge in [-0.05, 0) is 31.0 Å². The molecule has 2 N–H and O–H groups in total. The van der Waals surface area contributed by atoms with Crippen LogP contribution in [0, 0.1) is 11.3 Å². The van der Waals surface area contributed by atoms with Crippen molar-refractivity contribution in [1.82, 2.24) is 0 Å². The maximum atomic E-state index is 12.4. The van der Waals surface area contributed by atoms with Crippen LogP contribution in [0.25, 0.3) is 0 Å². The molecule has 0 aliphatic carbocycles. The zero-order chi connectivity index (χ0) is 13.8. The SMILES string of the molecule is CCC1Sc2ccc(N)cc2N(CCCC#N)C1=O. The molecule has 5 heteroatoms. The Bertz CT molecular complexity index is 524. The molecule has 0 radical (unpaired) electrons. The Balaban J connectivity index is 2.30. The van der Waals surface area contributed by atoms with Gasteiger partial charge in [-0.2, -0.15) is 5.26 Å². The molecule has 1 aromatic carbocycles. The zero-order valence-corrected chi connectivity index (χ0v) is 11.7. The number of hydrogen-bond acceptors (Lipinski definition) is 4. The maximum absolute atomic E-state index is 12.4. The highest BCUT2D eigenvalue weighted by Gasteiger charge is 2.32. The predicted octanol–water partition coefficient (Wildman–Crippen LogP) is 2.79. The van der Waals surface area contributed by atoms with Crippen LogP contribution in [0.2, 0.25) is 0 Å². The third-order valence-corrected chi connectivity index (χ3v) is 4.54. The number of carbonyl (C=O) groups is 1. The first-order valence-corrected chi connectivity index (χ1v) is 7.29. The molecule has 0 saturated heterocycles. The summed E-state index contributed by atoms with van der Waals surface area (Å²) in [6.07, 6.45) is 1.96. The number of amides is 1. The minimum Gasteiger partial charge on any atom is -0.399 e. The van der Waals surface area contributed by atoms with Crippen molar-refractivity contribution < 1.29 is 4.79 Å².